The van der Waals surface area contributed by atoms with Gasteiger partial charge in [-0.3, -0.25) is 15.0 Å². The number of nitrogens with two attached hydrogens (primary N) is 1. The molecule has 1 heterocycles. The third-order valence-electron chi connectivity index (χ3n) is 5.86. The van der Waals surface area contributed by atoms with E-state index in [1.165, 1.54) is 24.3 Å². The van der Waals surface area contributed by atoms with E-state index in [1.807, 2.05) is 4.90 Å². The molecule has 3 N–H and O–H groups in total. The maximum absolute atomic E-state index is 13.4. The number of benzene rings is 2. The van der Waals surface area contributed by atoms with E-state index >= 15 is 0 Å². The second kappa shape index (κ2) is 11.7. The van der Waals surface area contributed by atoms with Gasteiger partial charge in [-0.25, -0.2) is 13.6 Å². The Hall–Kier alpha value is -2.84. The van der Waals surface area contributed by atoms with Crippen LogP contribution in [0.1, 0.15) is 36.3 Å². The summed E-state index contributed by atoms with van der Waals surface area (Å²) in [4.78, 5) is 26.8. The van der Waals surface area contributed by atoms with Crippen LogP contribution in [0.5, 0.6) is 0 Å². The molecule has 172 valence electrons. The van der Waals surface area contributed by atoms with Crippen molar-refractivity contribution in [3.63, 3.8) is 0 Å². The SMILES string of the molecule is NC(=O)NC(=O)CN1CCN(CCCCC(c2ccc(F)cc2)c2ccc(F)cc2)CC1. The third kappa shape index (κ3) is 7.39. The van der Waals surface area contributed by atoms with Gasteiger partial charge < -0.3 is 10.6 Å². The molecule has 1 aliphatic rings. The molecule has 3 amide bonds. The van der Waals surface area contributed by atoms with Crippen molar-refractivity contribution >= 4 is 11.9 Å². The molecule has 0 aliphatic carbocycles. The Morgan fingerprint density at radius 1 is 0.844 bits per heavy atom. The summed E-state index contributed by atoms with van der Waals surface area (Å²) in [6, 6.07) is 12.3. The highest BCUT2D eigenvalue weighted by Gasteiger charge is 2.20. The van der Waals surface area contributed by atoms with Crippen molar-refractivity contribution in [2.45, 2.75) is 25.2 Å². The molecule has 1 fully saturated rings. The quantitative estimate of drug-likeness (QED) is 0.583. The van der Waals surface area contributed by atoms with Crippen LogP contribution in [0.4, 0.5) is 13.6 Å². The van der Waals surface area contributed by atoms with Crippen molar-refractivity contribution in [1.29, 1.82) is 0 Å². The number of rotatable bonds is 9. The van der Waals surface area contributed by atoms with Gasteiger partial charge in [0.1, 0.15) is 11.6 Å². The van der Waals surface area contributed by atoms with Crippen molar-refractivity contribution in [2.24, 2.45) is 5.73 Å². The van der Waals surface area contributed by atoms with E-state index < -0.39 is 6.03 Å². The van der Waals surface area contributed by atoms with Crippen LogP contribution in [0.15, 0.2) is 48.5 Å². The molecule has 2 aromatic carbocycles. The zero-order valence-corrected chi connectivity index (χ0v) is 18.1. The van der Waals surface area contributed by atoms with Crippen molar-refractivity contribution in [2.75, 3.05) is 39.3 Å². The molecule has 0 atom stereocenters. The third-order valence-corrected chi connectivity index (χ3v) is 5.86. The molecular weight excluding hydrogens is 414 g/mol. The maximum Gasteiger partial charge on any atom is 0.318 e. The van der Waals surface area contributed by atoms with Gasteiger partial charge in [0, 0.05) is 32.1 Å². The van der Waals surface area contributed by atoms with Crippen LogP contribution in [0.2, 0.25) is 0 Å². The summed E-state index contributed by atoms with van der Waals surface area (Å²) < 4.78 is 26.7. The lowest BCUT2D eigenvalue weighted by Gasteiger charge is -2.34. The molecule has 2 aromatic rings. The average molecular weight is 445 g/mol. The van der Waals surface area contributed by atoms with Gasteiger partial charge in [-0.1, -0.05) is 30.7 Å². The first-order valence-electron chi connectivity index (χ1n) is 11.0. The first-order chi connectivity index (χ1) is 15.4. The van der Waals surface area contributed by atoms with Crippen LogP contribution < -0.4 is 11.1 Å². The minimum absolute atomic E-state index is 0.0943. The number of nitrogens with one attached hydrogen (secondary N) is 1. The summed E-state index contributed by atoms with van der Waals surface area (Å²) >= 11 is 0. The van der Waals surface area contributed by atoms with Gasteiger partial charge >= 0.3 is 6.03 Å². The molecule has 0 radical (unpaired) electrons. The summed E-state index contributed by atoms with van der Waals surface area (Å²) in [5.74, 6) is -0.814. The number of piperazine rings is 1. The van der Waals surface area contributed by atoms with E-state index in [2.05, 4.69) is 10.2 Å². The van der Waals surface area contributed by atoms with E-state index in [1.54, 1.807) is 24.3 Å². The molecule has 8 heteroatoms. The van der Waals surface area contributed by atoms with Gasteiger partial charge in [0.2, 0.25) is 5.91 Å². The van der Waals surface area contributed by atoms with Gasteiger partial charge in [0.05, 0.1) is 6.54 Å². The van der Waals surface area contributed by atoms with Gasteiger partial charge in [-0.2, -0.15) is 0 Å². The Morgan fingerprint density at radius 2 is 1.34 bits per heavy atom. The fourth-order valence-corrected chi connectivity index (χ4v) is 4.15. The minimum Gasteiger partial charge on any atom is -0.351 e. The Bertz CT molecular complexity index is 836. The lowest BCUT2D eigenvalue weighted by molar-refractivity contribution is -0.121. The maximum atomic E-state index is 13.4. The Labute approximate surface area is 187 Å². The molecule has 1 aliphatic heterocycles. The highest BCUT2D eigenvalue weighted by molar-refractivity contribution is 5.94. The topological polar surface area (TPSA) is 78.7 Å². The van der Waals surface area contributed by atoms with E-state index in [4.69, 9.17) is 5.73 Å². The first kappa shape index (κ1) is 23.8. The molecule has 0 spiro atoms. The van der Waals surface area contributed by atoms with Crippen molar-refractivity contribution in [1.82, 2.24) is 15.1 Å². The molecule has 0 aromatic heterocycles. The van der Waals surface area contributed by atoms with E-state index in [0.717, 1.165) is 63.1 Å². The van der Waals surface area contributed by atoms with E-state index in [0.29, 0.717) is 0 Å². The van der Waals surface area contributed by atoms with E-state index in [-0.39, 0.29) is 30.0 Å². The zero-order chi connectivity index (χ0) is 22.9. The Kier molecular flexibility index (Phi) is 8.70. The highest BCUT2D eigenvalue weighted by atomic mass is 19.1. The first-order valence-corrected chi connectivity index (χ1v) is 11.0. The molecule has 0 bridgehead atoms. The number of unbranched alkanes of at least 4 members (excludes halogenated alkanes) is 1. The number of carbonyl (C=O) groups is 2. The number of hydrogen-bond acceptors (Lipinski definition) is 4. The highest BCUT2D eigenvalue weighted by Crippen LogP contribution is 2.30. The van der Waals surface area contributed by atoms with Gasteiger partial charge in [-0.05, 0) is 54.8 Å². The summed E-state index contributed by atoms with van der Waals surface area (Å²) in [6.45, 7) is 4.39. The van der Waals surface area contributed by atoms with Crippen molar-refractivity contribution in [3.8, 4) is 0 Å². The number of amides is 3. The predicted octanol–water partition coefficient (Wildman–Crippen LogP) is 3.08. The number of nitrogens with zero attached hydrogens (tertiary/aromatic N) is 2. The fourth-order valence-electron chi connectivity index (χ4n) is 4.15. The number of urea groups is 1. The molecule has 6 nitrogen and oxygen atoms in total. The summed E-state index contributed by atoms with van der Waals surface area (Å²) in [5.41, 5.74) is 7.02. The van der Waals surface area contributed by atoms with Crippen LogP contribution in [0.3, 0.4) is 0 Å². The lowest BCUT2D eigenvalue weighted by atomic mass is 9.87. The monoisotopic (exact) mass is 444 g/mol. The largest absolute Gasteiger partial charge is 0.351 e. The normalized spacial score (nSPS) is 15.1. The second-order valence-corrected chi connectivity index (χ2v) is 8.18. The van der Waals surface area contributed by atoms with Crippen LogP contribution in [0, 0.1) is 11.6 Å². The predicted molar refractivity (Wildman–Crippen MR) is 119 cm³/mol. The number of imide groups is 1. The van der Waals surface area contributed by atoms with Crippen LogP contribution in [-0.4, -0.2) is 61.0 Å². The number of hydrogen-bond donors (Lipinski definition) is 2. The van der Waals surface area contributed by atoms with Crippen LogP contribution >= 0.6 is 0 Å². The fraction of sp³-hybridized carbons (Fsp3) is 0.417. The Morgan fingerprint density at radius 3 is 1.84 bits per heavy atom. The van der Waals surface area contributed by atoms with Crippen molar-refractivity contribution in [3.05, 3.63) is 71.3 Å². The average Bonchev–Trinajstić information content (AvgIpc) is 2.76. The Balaban J connectivity index is 1.45. The van der Waals surface area contributed by atoms with E-state index in [9.17, 15) is 18.4 Å². The second-order valence-electron chi connectivity index (χ2n) is 8.18. The standard InChI is InChI=1S/C24H30F2N4O2/c25-20-8-4-18(5-9-20)22(19-6-10-21(26)11-7-19)3-1-2-12-29-13-15-30(16-14-29)17-23(31)28-24(27)32/h4-11,22H,1-3,12-17H2,(H3,27,28,31,32). The molecule has 0 unspecified atom stereocenters. The minimum atomic E-state index is -0.826. The molecule has 0 saturated carbocycles. The van der Waals surface area contributed by atoms with Gasteiger partial charge in [-0.15, -0.1) is 0 Å². The molecular formula is C24H30F2N4O2. The number of halogens is 2. The van der Waals surface area contributed by atoms with Crippen molar-refractivity contribution < 1.29 is 18.4 Å². The summed E-state index contributed by atoms with van der Waals surface area (Å²) in [5, 5.41) is 2.09. The smallest absolute Gasteiger partial charge is 0.318 e. The molecule has 1 saturated heterocycles. The molecule has 32 heavy (non-hydrogen) atoms. The lowest BCUT2D eigenvalue weighted by Crippen LogP contribution is -2.50. The summed E-state index contributed by atoms with van der Waals surface area (Å²) in [7, 11) is 0. The van der Waals surface area contributed by atoms with Crippen LogP contribution in [-0.2, 0) is 4.79 Å². The van der Waals surface area contributed by atoms with Gasteiger partial charge in [0.15, 0.2) is 0 Å². The molecule has 3 rings (SSSR count). The van der Waals surface area contributed by atoms with Gasteiger partial charge in [0.25, 0.3) is 0 Å². The van der Waals surface area contributed by atoms with Crippen LogP contribution in [0.25, 0.3) is 0 Å². The zero-order valence-electron chi connectivity index (χ0n) is 18.1. The summed E-state index contributed by atoms with van der Waals surface area (Å²) in [6.07, 6.45) is 2.90. The number of carbonyl (C=O) groups excluding carboxylic acids is 2. The number of primary amides is 1.